The van der Waals surface area contributed by atoms with Gasteiger partial charge in [-0.05, 0) is 42.8 Å². The number of hydrogen-bond acceptors (Lipinski definition) is 7. The first-order valence-electron chi connectivity index (χ1n) is 11.5. The van der Waals surface area contributed by atoms with Gasteiger partial charge in [0.2, 0.25) is 5.78 Å². The maximum Gasteiger partial charge on any atom is 0.330 e. The first-order valence-corrected chi connectivity index (χ1v) is 14.7. The number of Topliss-reactive ketones (excluding diaryl/α,β-unsaturated/α-hetero) is 1. The SMILES string of the molecule is CS(=O)(=O)CC[C@@H](C(=O)O[C@@H](C(=O)c1ccc(Cl)cc1)c1ccccc1)N1C(=O)c2cc(Cl)c(Cl)cc2C1=O. The zero-order valence-corrected chi connectivity index (χ0v) is 23.4. The minimum absolute atomic E-state index is 0.0198. The fraction of sp³-hybridized carbons (Fsp3) is 0.185. The molecule has 1 aliphatic rings. The predicted octanol–water partition coefficient (Wildman–Crippen LogP) is 5.21. The van der Waals surface area contributed by atoms with Crippen LogP contribution in [0.3, 0.4) is 0 Å². The Labute approximate surface area is 239 Å². The normalized spacial score (nSPS) is 14.6. The molecule has 0 radical (unpaired) electrons. The van der Waals surface area contributed by atoms with Crippen molar-refractivity contribution >= 4 is 68.2 Å². The molecule has 0 saturated carbocycles. The van der Waals surface area contributed by atoms with Crippen molar-refractivity contribution in [3.63, 3.8) is 0 Å². The standard InChI is InChI=1S/C27H20Cl3NO7S/c1-39(36,37)12-11-22(31-25(33)18-13-20(29)21(30)14-19(18)26(31)34)27(35)38-24(16-5-3-2-4-6-16)23(32)15-7-9-17(28)10-8-15/h2-10,13-14,22,24H,11-12H2,1H3/t22-,24+/m0/s1. The van der Waals surface area contributed by atoms with E-state index in [2.05, 4.69) is 0 Å². The Hall–Kier alpha value is -3.24. The van der Waals surface area contributed by atoms with E-state index in [0.29, 0.717) is 15.5 Å². The summed E-state index contributed by atoms with van der Waals surface area (Å²) in [5, 5.41) is 0.434. The fourth-order valence-corrected chi connectivity index (χ4v) is 5.18. The quantitative estimate of drug-likeness (QED) is 0.186. The van der Waals surface area contributed by atoms with Crippen LogP contribution >= 0.6 is 34.8 Å². The minimum Gasteiger partial charge on any atom is -0.447 e. The molecule has 2 atom stereocenters. The molecule has 1 heterocycles. The lowest BCUT2D eigenvalue weighted by molar-refractivity contribution is -0.152. The van der Waals surface area contributed by atoms with E-state index >= 15 is 0 Å². The Balaban J connectivity index is 1.72. The Morgan fingerprint density at radius 1 is 0.872 bits per heavy atom. The fourth-order valence-electron chi connectivity index (χ4n) is 4.07. The number of esters is 1. The molecule has 3 aromatic carbocycles. The highest BCUT2D eigenvalue weighted by atomic mass is 35.5. The summed E-state index contributed by atoms with van der Waals surface area (Å²) in [6, 6.07) is 14.8. The molecule has 39 heavy (non-hydrogen) atoms. The van der Waals surface area contributed by atoms with Gasteiger partial charge < -0.3 is 4.74 Å². The van der Waals surface area contributed by atoms with Gasteiger partial charge in [0, 0.05) is 22.4 Å². The molecule has 0 unspecified atom stereocenters. The van der Waals surface area contributed by atoms with Crippen molar-refractivity contribution in [3.8, 4) is 0 Å². The number of fused-ring (bicyclic) bond motifs is 1. The lowest BCUT2D eigenvalue weighted by Crippen LogP contribution is -2.47. The summed E-state index contributed by atoms with van der Waals surface area (Å²) in [6.45, 7) is 0. The summed E-state index contributed by atoms with van der Waals surface area (Å²) in [7, 11) is -3.62. The van der Waals surface area contributed by atoms with Crippen molar-refractivity contribution in [2.24, 2.45) is 0 Å². The third-order valence-electron chi connectivity index (χ3n) is 6.01. The van der Waals surface area contributed by atoms with E-state index in [0.717, 1.165) is 6.26 Å². The summed E-state index contributed by atoms with van der Waals surface area (Å²) < 4.78 is 29.6. The van der Waals surface area contributed by atoms with Gasteiger partial charge in [0.05, 0.1) is 26.9 Å². The molecule has 0 aliphatic carbocycles. The van der Waals surface area contributed by atoms with E-state index in [4.69, 9.17) is 39.5 Å². The zero-order valence-electron chi connectivity index (χ0n) is 20.3. The van der Waals surface area contributed by atoms with Crippen molar-refractivity contribution in [1.29, 1.82) is 0 Å². The molecule has 0 fully saturated rings. The molecule has 0 N–H and O–H groups in total. The summed E-state index contributed by atoms with van der Waals surface area (Å²) in [4.78, 5) is 54.2. The number of ether oxygens (including phenoxy) is 1. The molecular weight excluding hydrogens is 589 g/mol. The highest BCUT2D eigenvalue weighted by Gasteiger charge is 2.45. The topological polar surface area (TPSA) is 115 Å². The van der Waals surface area contributed by atoms with Gasteiger partial charge in [-0.3, -0.25) is 19.3 Å². The number of sulfone groups is 1. The Morgan fingerprint density at radius 3 is 1.92 bits per heavy atom. The second-order valence-corrected chi connectivity index (χ2v) is 12.3. The summed E-state index contributed by atoms with van der Waals surface area (Å²) in [5.41, 5.74) is 0.333. The van der Waals surface area contributed by atoms with E-state index in [1.54, 1.807) is 30.3 Å². The van der Waals surface area contributed by atoms with Crippen LogP contribution in [0.4, 0.5) is 0 Å². The Bertz CT molecular complexity index is 1530. The average Bonchev–Trinajstić information content (AvgIpc) is 3.12. The van der Waals surface area contributed by atoms with Crippen LogP contribution in [0.15, 0.2) is 66.7 Å². The van der Waals surface area contributed by atoms with E-state index in [1.807, 2.05) is 0 Å². The first-order chi connectivity index (χ1) is 18.4. The first kappa shape index (κ1) is 28.8. The number of amides is 2. The lowest BCUT2D eigenvalue weighted by Gasteiger charge is -2.27. The van der Waals surface area contributed by atoms with Crippen molar-refractivity contribution < 1.29 is 32.3 Å². The van der Waals surface area contributed by atoms with E-state index in [9.17, 15) is 27.6 Å². The number of carbonyl (C=O) groups excluding carboxylic acids is 4. The average molecular weight is 609 g/mol. The van der Waals surface area contributed by atoms with Crippen molar-refractivity contribution in [3.05, 3.63) is 104 Å². The van der Waals surface area contributed by atoms with Gasteiger partial charge in [0.25, 0.3) is 11.8 Å². The number of ketones is 1. The predicted molar refractivity (Wildman–Crippen MR) is 146 cm³/mol. The van der Waals surface area contributed by atoms with Gasteiger partial charge in [0.1, 0.15) is 15.9 Å². The maximum absolute atomic E-state index is 13.6. The third kappa shape index (κ3) is 6.33. The van der Waals surface area contributed by atoms with Crippen molar-refractivity contribution in [2.75, 3.05) is 12.0 Å². The van der Waals surface area contributed by atoms with Crippen LogP contribution in [-0.4, -0.2) is 54.9 Å². The van der Waals surface area contributed by atoms with Crippen LogP contribution in [0.1, 0.15) is 49.2 Å². The van der Waals surface area contributed by atoms with Gasteiger partial charge in [0.15, 0.2) is 6.10 Å². The van der Waals surface area contributed by atoms with Gasteiger partial charge in [-0.15, -0.1) is 0 Å². The second-order valence-electron chi connectivity index (χ2n) is 8.83. The summed E-state index contributed by atoms with van der Waals surface area (Å²) in [5.74, 6) is -4.01. The molecule has 1 aliphatic heterocycles. The molecule has 202 valence electrons. The maximum atomic E-state index is 13.6. The lowest BCUT2D eigenvalue weighted by atomic mass is 9.99. The summed E-state index contributed by atoms with van der Waals surface area (Å²) >= 11 is 18.0. The molecule has 0 bridgehead atoms. The molecule has 4 rings (SSSR count). The van der Waals surface area contributed by atoms with Gasteiger partial charge in [-0.25, -0.2) is 13.2 Å². The smallest absolute Gasteiger partial charge is 0.330 e. The van der Waals surface area contributed by atoms with Gasteiger partial charge >= 0.3 is 5.97 Å². The number of imide groups is 1. The number of hydrogen-bond donors (Lipinski definition) is 0. The molecule has 8 nitrogen and oxygen atoms in total. The number of nitrogens with zero attached hydrogens (tertiary/aromatic N) is 1. The third-order valence-corrected chi connectivity index (χ3v) is 7.96. The largest absolute Gasteiger partial charge is 0.447 e. The molecular formula is C27H20Cl3NO7S. The summed E-state index contributed by atoms with van der Waals surface area (Å²) in [6.07, 6.45) is -0.963. The monoisotopic (exact) mass is 607 g/mol. The van der Waals surface area contributed by atoms with Crippen LogP contribution < -0.4 is 0 Å². The Morgan fingerprint density at radius 2 is 1.41 bits per heavy atom. The molecule has 0 aromatic heterocycles. The van der Waals surface area contributed by atoms with Gasteiger partial charge in [-0.1, -0.05) is 65.1 Å². The zero-order chi connectivity index (χ0) is 28.5. The van der Waals surface area contributed by atoms with Crippen molar-refractivity contribution in [1.82, 2.24) is 4.90 Å². The van der Waals surface area contributed by atoms with E-state index < -0.39 is 57.7 Å². The molecule has 0 saturated heterocycles. The van der Waals surface area contributed by atoms with E-state index in [-0.39, 0.29) is 26.7 Å². The van der Waals surface area contributed by atoms with Crippen LogP contribution in [-0.2, 0) is 19.4 Å². The molecule has 3 aromatic rings. The number of carbonyl (C=O) groups is 4. The van der Waals surface area contributed by atoms with E-state index in [1.165, 1.54) is 36.4 Å². The minimum atomic E-state index is -3.62. The molecule has 0 spiro atoms. The second kappa shape index (κ2) is 11.5. The molecule has 2 amide bonds. The highest BCUT2D eigenvalue weighted by molar-refractivity contribution is 7.90. The van der Waals surface area contributed by atoms with Crippen LogP contribution in [0.2, 0.25) is 15.1 Å². The van der Waals surface area contributed by atoms with Crippen LogP contribution in [0, 0.1) is 0 Å². The van der Waals surface area contributed by atoms with Crippen LogP contribution in [0.25, 0.3) is 0 Å². The van der Waals surface area contributed by atoms with Crippen molar-refractivity contribution in [2.45, 2.75) is 18.6 Å². The Kier molecular flexibility index (Phi) is 8.46. The van der Waals surface area contributed by atoms with Gasteiger partial charge in [-0.2, -0.15) is 0 Å². The number of benzene rings is 3. The highest BCUT2D eigenvalue weighted by Crippen LogP contribution is 2.34. The number of halogens is 3. The van der Waals surface area contributed by atoms with Crippen LogP contribution in [0.5, 0.6) is 0 Å². The number of rotatable bonds is 9. The molecule has 12 heteroatoms.